The van der Waals surface area contributed by atoms with Crippen molar-refractivity contribution in [2.45, 2.75) is 31.2 Å². The van der Waals surface area contributed by atoms with Crippen molar-refractivity contribution < 1.29 is 4.74 Å². The Labute approximate surface area is 139 Å². The Morgan fingerprint density at radius 3 is 2.65 bits per heavy atom. The predicted octanol–water partition coefficient (Wildman–Crippen LogP) is 3.88. The Hall–Kier alpha value is -1.80. The molecule has 3 unspecified atom stereocenters. The van der Waals surface area contributed by atoms with Crippen LogP contribution in [-0.4, -0.2) is 31.6 Å². The average Bonchev–Trinajstić information content (AvgIpc) is 2.59. The van der Waals surface area contributed by atoms with E-state index in [0.717, 1.165) is 18.7 Å². The third kappa shape index (κ3) is 2.05. The largest absolute Gasteiger partial charge is 0.497 e. The third-order valence-electron chi connectivity index (χ3n) is 6.30. The Bertz CT molecular complexity index is 711. The zero-order valence-electron chi connectivity index (χ0n) is 14.3. The number of benzene rings is 2. The number of likely N-dealkylation sites (N-methyl/N-ethyl adjacent to an activating group) is 1. The molecule has 2 aromatic rings. The summed E-state index contributed by atoms with van der Waals surface area (Å²) in [7, 11) is 4.05. The van der Waals surface area contributed by atoms with E-state index in [0.29, 0.717) is 12.0 Å². The molecule has 2 heteroatoms. The van der Waals surface area contributed by atoms with Gasteiger partial charge >= 0.3 is 0 Å². The molecular weight excluding hydrogens is 282 g/mol. The van der Waals surface area contributed by atoms with E-state index in [4.69, 9.17) is 4.74 Å². The Balaban J connectivity index is 1.98. The van der Waals surface area contributed by atoms with E-state index >= 15 is 0 Å². The molecule has 2 aromatic carbocycles. The number of piperidine rings is 1. The lowest BCUT2D eigenvalue weighted by Gasteiger charge is -2.55. The van der Waals surface area contributed by atoms with Gasteiger partial charge in [-0.2, -0.15) is 0 Å². The van der Waals surface area contributed by atoms with Crippen LogP contribution in [0.3, 0.4) is 0 Å². The molecule has 1 saturated heterocycles. The molecule has 120 valence electrons. The minimum Gasteiger partial charge on any atom is -0.497 e. The average molecular weight is 307 g/mol. The van der Waals surface area contributed by atoms with Crippen LogP contribution in [0.4, 0.5) is 0 Å². The van der Waals surface area contributed by atoms with Gasteiger partial charge in [-0.05, 0) is 61.2 Å². The molecule has 2 nitrogen and oxygen atoms in total. The van der Waals surface area contributed by atoms with Crippen LogP contribution >= 0.6 is 0 Å². The van der Waals surface area contributed by atoms with Crippen LogP contribution in [0, 0.1) is 5.92 Å². The summed E-state index contributed by atoms with van der Waals surface area (Å²) >= 11 is 0. The molecule has 4 rings (SSSR count). The van der Waals surface area contributed by atoms with Crippen LogP contribution < -0.4 is 4.74 Å². The first-order valence-electron chi connectivity index (χ1n) is 8.60. The van der Waals surface area contributed by atoms with Gasteiger partial charge in [0.2, 0.25) is 0 Å². The molecule has 1 fully saturated rings. The second-order valence-electron chi connectivity index (χ2n) is 7.15. The van der Waals surface area contributed by atoms with Crippen molar-refractivity contribution in [2.75, 3.05) is 20.7 Å². The molecule has 2 bridgehead atoms. The Morgan fingerprint density at radius 2 is 1.91 bits per heavy atom. The van der Waals surface area contributed by atoms with Gasteiger partial charge in [0.15, 0.2) is 0 Å². The van der Waals surface area contributed by atoms with E-state index in [1.165, 1.54) is 23.1 Å². The summed E-state index contributed by atoms with van der Waals surface area (Å²) in [4.78, 5) is 2.55. The van der Waals surface area contributed by atoms with Crippen molar-refractivity contribution in [1.29, 1.82) is 0 Å². The molecule has 1 heterocycles. The summed E-state index contributed by atoms with van der Waals surface area (Å²) in [6.07, 6.45) is 2.32. The summed E-state index contributed by atoms with van der Waals surface area (Å²) in [5.41, 5.74) is 4.55. The molecule has 0 radical (unpaired) electrons. The minimum absolute atomic E-state index is 0.112. The molecular formula is C21H25NO. The Morgan fingerprint density at radius 1 is 1.13 bits per heavy atom. The SMILES string of the molecule is COc1ccc2c(c1)C1(c3ccccc3)CCN(C)C(C2)C1C. The van der Waals surface area contributed by atoms with E-state index in [-0.39, 0.29) is 5.41 Å². The smallest absolute Gasteiger partial charge is 0.119 e. The Kier molecular flexibility index (Phi) is 3.46. The van der Waals surface area contributed by atoms with Gasteiger partial charge in [0.05, 0.1) is 7.11 Å². The number of rotatable bonds is 2. The maximum atomic E-state index is 5.54. The number of hydrogen-bond acceptors (Lipinski definition) is 2. The summed E-state index contributed by atoms with van der Waals surface area (Å²) in [6.45, 7) is 3.59. The first-order valence-corrected chi connectivity index (χ1v) is 8.60. The second kappa shape index (κ2) is 5.38. The molecule has 0 spiro atoms. The number of nitrogens with zero attached hydrogens (tertiary/aromatic N) is 1. The number of hydrogen-bond donors (Lipinski definition) is 0. The van der Waals surface area contributed by atoms with Gasteiger partial charge in [-0.3, -0.25) is 0 Å². The fourth-order valence-electron chi connectivity index (χ4n) is 4.97. The van der Waals surface area contributed by atoms with Crippen molar-refractivity contribution in [3.8, 4) is 5.75 Å². The zero-order chi connectivity index (χ0) is 16.0. The molecule has 1 aliphatic carbocycles. The third-order valence-corrected chi connectivity index (χ3v) is 6.30. The maximum absolute atomic E-state index is 5.54. The first-order chi connectivity index (χ1) is 11.2. The zero-order valence-corrected chi connectivity index (χ0v) is 14.3. The monoisotopic (exact) mass is 307 g/mol. The van der Waals surface area contributed by atoms with Crippen molar-refractivity contribution >= 4 is 0 Å². The van der Waals surface area contributed by atoms with E-state index in [1.54, 1.807) is 7.11 Å². The lowest BCUT2D eigenvalue weighted by Crippen LogP contribution is -2.58. The van der Waals surface area contributed by atoms with Gasteiger partial charge < -0.3 is 9.64 Å². The molecule has 1 aliphatic heterocycles. The van der Waals surface area contributed by atoms with E-state index in [1.807, 2.05) is 0 Å². The van der Waals surface area contributed by atoms with Crippen LogP contribution in [0.25, 0.3) is 0 Å². The highest BCUT2D eigenvalue weighted by Crippen LogP contribution is 2.52. The van der Waals surface area contributed by atoms with Gasteiger partial charge in [-0.15, -0.1) is 0 Å². The van der Waals surface area contributed by atoms with Crippen LogP contribution in [0.2, 0.25) is 0 Å². The lowest BCUT2D eigenvalue weighted by atomic mass is 9.55. The minimum atomic E-state index is 0.112. The van der Waals surface area contributed by atoms with Crippen molar-refractivity contribution in [3.05, 3.63) is 65.2 Å². The van der Waals surface area contributed by atoms with Crippen molar-refractivity contribution in [2.24, 2.45) is 5.92 Å². The first kappa shape index (κ1) is 14.8. The van der Waals surface area contributed by atoms with Gasteiger partial charge in [0.1, 0.15) is 5.75 Å². The van der Waals surface area contributed by atoms with E-state index in [9.17, 15) is 0 Å². The molecule has 2 aliphatic rings. The van der Waals surface area contributed by atoms with Crippen molar-refractivity contribution in [1.82, 2.24) is 4.90 Å². The van der Waals surface area contributed by atoms with Gasteiger partial charge in [-0.1, -0.05) is 43.3 Å². The predicted molar refractivity (Wildman–Crippen MR) is 94.1 cm³/mol. The standard InChI is InChI=1S/C21H25NO/c1-15-20-13-16-9-10-18(23-3)14-19(16)21(15,11-12-22(20)2)17-7-5-4-6-8-17/h4-10,14-15,20H,11-13H2,1-3H3. The maximum Gasteiger partial charge on any atom is 0.119 e. The molecule has 0 amide bonds. The molecule has 23 heavy (non-hydrogen) atoms. The number of fused-ring (bicyclic) bond motifs is 4. The summed E-state index contributed by atoms with van der Waals surface area (Å²) in [6, 6.07) is 18.4. The highest BCUT2D eigenvalue weighted by molar-refractivity contribution is 5.51. The van der Waals surface area contributed by atoms with Crippen LogP contribution in [-0.2, 0) is 11.8 Å². The molecule has 3 atom stereocenters. The van der Waals surface area contributed by atoms with E-state index < -0.39 is 0 Å². The highest BCUT2D eigenvalue weighted by Gasteiger charge is 2.51. The van der Waals surface area contributed by atoms with Gasteiger partial charge in [-0.25, -0.2) is 0 Å². The molecule has 0 aromatic heterocycles. The van der Waals surface area contributed by atoms with Crippen LogP contribution in [0.15, 0.2) is 48.5 Å². The normalized spacial score (nSPS) is 29.9. The van der Waals surface area contributed by atoms with Gasteiger partial charge in [0, 0.05) is 11.5 Å². The highest BCUT2D eigenvalue weighted by atomic mass is 16.5. The van der Waals surface area contributed by atoms with E-state index in [2.05, 4.69) is 67.4 Å². The van der Waals surface area contributed by atoms with Crippen LogP contribution in [0.5, 0.6) is 5.75 Å². The van der Waals surface area contributed by atoms with Crippen molar-refractivity contribution in [3.63, 3.8) is 0 Å². The summed E-state index contributed by atoms with van der Waals surface area (Å²) < 4.78 is 5.54. The molecule has 0 N–H and O–H groups in total. The quantitative estimate of drug-likeness (QED) is 0.835. The molecule has 0 saturated carbocycles. The topological polar surface area (TPSA) is 12.5 Å². The number of likely N-dealkylation sites (tertiary alicyclic amines) is 1. The van der Waals surface area contributed by atoms with Crippen LogP contribution in [0.1, 0.15) is 30.0 Å². The lowest BCUT2D eigenvalue weighted by molar-refractivity contribution is 0.0613. The van der Waals surface area contributed by atoms with Gasteiger partial charge in [0.25, 0.3) is 0 Å². The summed E-state index contributed by atoms with van der Waals surface area (Å²) in [5, 5.41) is 0. The summed E-state index contributed by atoms with van der Waals surface area (Å²) in [5.74, 6) is 1.58. The fourth-order valence-corrected chi connectivity index (χ4v) is 4.97. The number of ether oxygens (including phenoxy) is 1. The number of methoxy groups -OCH3 is 1. The second-order valence-corrected chi connectivity index (χ2v) is 7.15. The fraction of sp³-hybridized carbons (Fsp3) is 0.429.